The van der Waals surface area contributed by atoms with Crippen molar-refractivity contribution in [3.63, 3.8) is 0 Å². The molecule has 38 heavy (non-hydrogen) atoms. The molecule has 8 nitrogen and oxygen atoms in total. The Morgan fingerprint density at radius 1 is 1.03 bits per heavy atom. The van der Waals surface area contributed by atoms with Crippen molar-refractivity contribution >= 4 is 17.4 Å². The van der Waals surface area contributed by atoms with Gasteiger partial charge in [-0.05, 0) is 62.5 Å². The van der Waals surface area contributed by atoms with E-state index in [9.17, 15) is 24.9 Å². The lowest BCUT2D eigenvalue weighted by Crippen LogP contribution is -2.67. The highest BCUT2D eigenvalue weighted by Crippen LogP contribution is 2.68. The summed E-state index contributed by atoms with van der Waals surface area (Å²) in [5, 5.41) is 33.9. The minimum atomic E-state index is -1.51. The van der Waals surface area contributed by atoms with Crippen LogP contribution in [0.4, 0.5) is 5.82 Å². The van der Waals surface area contributed by atoms with Crippen LogP contribution in [0.5, 0.6) is 0 Å². The summed E-state index contributed by atoms with van der Waals surface area (Å²) in [5.41, 5.74) is -3.88. The van der Waals surface area contributed by atoms with Gasteiger partial charge in [-0.1, -0.05) is 19.9 Å². The Hall–Kier alpha value is -1.87. The largest absolute Gasteiger partial charge is 0.393 e. The first kappa shape index (κ1) is 26.4. The van der Waals surface area contributed by atoms with Crippen molar-refractivity contribution in [1.82, 2.24) is 9.88 Å². The van der Waals surface area contributed by atoms with E-state index >= 15 is 0 Å². The zero-order valence-electron chi connectivity index (χ0n) is 22.8. The quantitative estimate of drug-likeness (QED) is 0.548. The van der Waals surface area contributed by atoms with Gasteiger partial charge >= 0.3 is 0 Å². The van der Waals surface area contributed by atoms with E-state index in [1.807, 2.05) is 32.0 Å². The van der Waals surface area contributed by atoms with Gasteiger partial charge in [0.05, 0.1) is 18.2 Å². The molecule has 4 aliphatic carbocycles. The molecule has 1 saturated heterocycles. The molecule has 2 heterocycles. The van der Waals surface area contributed by atoms with Gasteiger partial charge in [0, 0.05) is 62.0 Å². The summed E-state index contributed by atoms with van der Waals surface area (Å²) >= 11 is 0. The van der Waals surface area contributed by atoms with Crippen molar-refractivity contribution in [2.75, 3.05) is 37.6 Å². The van der Waals surface area contributed by atoms with Crippen LogP contribution in [0.15, 0.2) is 24.4 Å². The Balaban J connectivity index is 1.17. The molecule has 6 rings (SSSR count). The summed E-state index contributed by atoms with van der Waals surface area (Å²) in [6, 6.07) is 5.88. The van der Waals surface area contributed by atoms with Gasteiger partial charge in [0.15, 0.2) is 5.78 Å². The predicted molar refractivity (Wildman–Crippen MR) is 142 cm³/mol. The van der Waals surface area contributed by atoms with E-state index in [4.69, 9.17) is 0 Å². The average molecular weight is 526 g/mol. The Kier molecular flexibility index (Phi) is 6.30. The zero-order valence-corrected chi connectivity index (χ0v) is 22.8. The molecule has 4 saturated carbocycles. The molecule has 0 spiro atoms. The number of rotatable bonds is 4. The molecule has 0 amide bonds. The molecule has 0 radical (unpaired) electrons. The lowest BCUT2D eigenvalue weighted by atomic mass is 9.42. The number of fused-ring (bicyclic) bond motifs is 5. The fraction of sp³-hybridized carbons (Fsp3) is 0.767. The lowest BCUT2D eigenvalue weighted by Gasteiger charge is -2.63. The fourth-order valence-corrected chi connectivity index (χ4v) is 9.51. The Morgan fingerprint density at radius 2 is 1.79 bits per heavy atom. The number of piperazine rings is 1. The summed E-state index contributed by atoms with van der Waals surface area (Å²) in [6.45, 7) is 7.24. The van der Waals surface area contributed by atoms with Gasteiger partial charge < -0.3 is 20.2 Å². The van der Waals surface area contributed by atoms with Gasteiger partial charge in [-0.25, -0.2) is 4.98 Å². The minimum absolute atomic E-state index is 0.0607. The lowest BCUT2D eigenvalue weighted by molar-refractivity contribution is -0.221. The Morgan fingerprint density at radius 3 is 2.50 bits per heavy atom. The molecule has 8 heteroatoms. The number of Topliss-reactive ketones (excluding diaryl/α,β-unsaturated/α-hetero) is 2. The molecule has 8 atom stereocenters. The Bertz CT molecular complexity index is 1090. The number of pyridine rings is 1. The predicted octanol–water partition coefficient (Wildman–Crippen LogP) is 2.20. The number of ketones is 2. The van der Waals surface area contributed by atoms with Crippen LogP contribution < -0.4 is 4.90 Å². The highest BCUT2D eigenvalue weighted by Gasteiger charge is 2.71. The SMILES string of the molecule is C[C@]12CC(=O)[C@H]3[C@@H](CCC4(O)CC(O)CC[C@]34C)[C@@H]1CC[C@]2(O)C(=O)CN1CCN(c2ccccn2)CC1. The number of carbonyl (C=O) groups is 2. The van der Waals surface area contributed by atoms with E-state index in [0.29, 0.717) is 38.5 Å². The highest BCUT2D eigenvalue weighted by molar-refractivity contribution is 5.93. The molecule has 1 aromatic heterocycles. The first-order chi connectivity index (χ1) is 18.0. The second-order valence-corrected chi connectivity index (χ2v) is 13.5. The van der Waals surface area contributed by atoms with Crippen molar-refractivity contribution in [2.24, 2.45) is 28.6 Å². The third kappa shape index (κ3) is 3.74. The summed E-state index contributed by atoms with van der Waals surface area (Å²) in [5.74, 6) is 0.740. The molecular formula is C30H43N3O5. The van der Waals surface area contributed by atoms with Crippen molar-refractivity contribution in [2.45, 2.75) is 82.5 Å². The zero-order chi connectivity index (χ0) is 26.9. The maximum Gasteiger partial charge on any atom is 0.178 e. The molecule has 208 valence electrons. The van der Waals surface area contributed by atoms with E-state index < -0.39 is 28.1 Å². The molecule has 2 unspecified atom stereocenters. The van der Waals surface area contributed by atoms with Gasteiger partial charge in [0.2, 0.25) is 0 Å². The van der Waals surface area contributed by atoms with Crippen LogP contribution in [0.25, 0.3) is 0 Å². The molecule has 1 aromatic rings. The van der Waals surface area contributed by atoms with Gasteiger partial charge in [0.1, 0.15) is 17.2 Å². The normalized spacial score (nSPS) is 45.3. The van der Waals surface area contributed by atoms with E-state index in [1.165, 1.54) is 0 Å². The van der Waals surface area contributed by atoms with E-state index in [0.717, 1.165) is 38.4 Å². The van der Waals surface area contributed by atoms with E-state index in [2.05, 4.69) is 14.8 Å². The minimum Gasteiger partial charge on any atom is -0.393 e. The molecule has 3 N–H and O–H groups in total. The summed E-state index contributed by atoms with van der Waals surface area (Å²) in [7, 11) is 0. The molecule has 5 fully saturated rings. The second-order valence-electron chi connectivity index (χ2n) is 13.5. The third-order valence-electron chi connectivity index (χ3n) is 11.8. The summed E-state index contributed by atoms with van der Waals surface area (Å²) in [4.78, 5) is 36.5. The number of hydrogen-bond acceptors (Lipinski definition) is 8. The van der Waals surface area contributed by atoms with Gasteiger partial charge in [-0.15, -0.1) is 0 Å². The van der Waals surface area contributed by atoms with Gasteiger partial charge in [-0.2, -0.15) is 0 Å². The number of aliphatic hydroxyl groups excluding tert-OH is 1. The highest BCUT2D eigenvalue weighted by atomic mass is 16.3. The molecule has 0 bridgehead atoms. The maximum atomic E-state index is 13.9. The molecule has 5 aliphatic rings. The molecule has 1 aliphatic heterocycles. The van der Waals surface area contributed by atoms with Crippen LogP contribution in [0.3, 0.4) is 0 Å². The first-order valence-corrected chi connectivity index (χ1v) is 14.6. The smallest absolute Gasteiger partial charge is 0.178 e. The number of carbonyl (C=O) groups excluding carboxylic acids is 2. The summed E-state index contributed by atoms with van der Waals surface area (Å²) < 4.78 is 0. The average Bonchev–Trinajstić information content (AvgIpc) is 3.16. The topological polar surface area (TPSA) is 114 Å². The number of aliphatic hydroxyl groups is 3. The summed E-state index contributed by atoms with van der Waals surface area (Å²) in [6.07, 6.45) is 5.42. The number of aromatic nitrogens is 1. The van der Waals surface area contributed by atoms with Crippen LogP contribution in [0.2, 0.25) is 0 Å². The van der Waals surface area contributed by atoms with E-state index in [1.54, 1.807) is 6.20 Å². The first-order valence-electron chi connectivity index (χ1n) is 14.6. The van der Waals surface area contributed by atoms with Crippen LogP contribution >= 0.6 is 0 Å². The standard InChI is InChI=1S/C30H43N3O5/c1-27-9-6-20(34)17-29(27,37)10-7-21-22-8-11-30(38,28(22,2)18-23(35)26(21)27)24(36)19-32-13-15-33(16-14-32)25-5-3-4-12-31-25/h3-5,12,20-22,26,34,37-38H,6-11,13-19H2,1-2H3/t20?,21-,22-,26+,27+,28-,29?,30-/m0/s1. The van der Waals surface area contributed by atoms with E-state index in [-0.39, 0.29) is 42.3 Å². The monoisotopic (exact) mass is 525 g/mol. The molecular weight excluding hydrogens is 482 g/mol. The van der Waals surface area contributed by atoms with Crippen molar-refractivity contribution < 1.29 is 24.9 Å². The van der Waals surface area contributed by atoms with Crippen LogP contribution in [-0.2, 0) is 9.59 Å². The number of hydrogen-bond donors (Lipinski definition) is 3. The number of anilines is 1. The molecule has 0 aromatic carbocycles. The number of nitrogens with zero attached hydrogens (tertiary/aromatic N) is 3. The van der Waals surface area contributed by atoms with Crippen LogP contribution in [0.1, 0.15) is 65.2 Å². The van der Waals surface area contributed by atoms with Gasteiger partial charge in [0.25, 0.3) is 0 Å². The second kappa shape index (κ2) is 9.08. The third-order valence-corrected chi connectivity index (χ3v) is 11.8. The van der Waals surface area contributed by atoms with Crippen molar-refractivity contribution in [3.05, 3.63) is 24.4 Å². The van der Waals surface area contributed by atoms with Crippen LogP contribution in [0, 0.1) is 28.6 Å². The van der Waals surface area contributed by atoms with Crippen LogP contribution in [-0.4, -0.2) is 86.8 Å². The fourth-order valence-electron chi connectivity index (χ4n) is 9.51. The van der Waals surface area contributed by atoms with Crippen molar-refractivity contribution in [3.8, 4) is 0 Å². The van der Waals surface area contributed by atoms with Crippen molar-refractivity contribution in [1.29, 1.82) is 0 Å². The maximum absolute atomic E-state index is 13.9. The van der Waals surface area contributed by atoms with Gasteiger partial charge in [-0.3, -0.25) is 14.5 Å². The Labute approximate surface area is 225 Å².